The molecule has 0 radical (unpaired) electrons. The second kappa shape index (κ2) is 9.94. The van der Waals surface area contributed by atoms with Crippen molar-refractivity contribution in [3.8, 4) is 5.75 Å². The van der Waals surface area contributed by atoms with Crippen LogP contribution in [-0.2, 0) is 9.53 Å². The first kappa shape index (κ1) is 22.1. The zero-order valence-electron chi connectivity index (χ0n) is 17.3. The highest BCUT2D eigenvalue weighted by Crippen LogP contribution is 2.28. The molecule has 8 nitrogen and oxygen atoms in total. The highest BCUT2D eigenvalue weighted by atomic mass is 32.1. The van der Waals surface area contributed by atoms with Crippen molar-refractivity contribution in [2.75, 3.05) is 17.2 Å². The fraction of sp³-hybridized carbons (Fsp3) is 0.227. The number of rotatable bonds is 8. The van der Waals surface area contributed by atoms with Crippen LogP contribution in [-0.4, -0.2) is 30.5 Å². The smallest absolute Gasteiger partial charge is 0.349 e. The van der Waals surface area contributed by atoms with E-state index < -0.39 is 23.9 Å². The van der Waals surface area contributed by atoms with Gasteiger partial charge < -0.3 is 24.5 Å². The van der Waals surface area contributed by atoms with Crippen LogP contribution < -0.4 is 15.4 Å². The zero-order valence-corrected chi connectivity index (χ0v) is 18.1. The first-order valence-corrected chi connectivity index (χ1v) is 10.4. The first-order valence-electron chi connectivity index (χ1n) is 9.57. The molecule has 1 unspecified atom stereocenters. The molecule has 0 aliphatic carbocycles. The van der Waals surface area contributed by atoms with Gasteiger partial charge in [-0.25, -0.2) is 4.79 Å². The third-order valence-corrected chi connectivity index (χ3v) is 5.30. The number of ether oxygens (including phenoxy) is 2. The van der Waals surface area contributed by atoms with Gasteiger partial charge in [0.15, 0.2) is 11.9 Å². The van der Waals surface area contributed by atoms with Gasteiger partial charge in [-0.3, -0.25) is 9.59 Å². The van der Waals surface area contributed by atoms with Gasteiger partial charge >= 0.3 is 5.97 Å². The number of nitrogens with one attached hydrogen (secondary N) is 2. The summed E-state index contributed by atoms with van der Waals surface area (Å²) in [5.41, 5.74) is 1.19. The monoisotopic (exact) mass is 442 g/mol. The zero-order chi connectivity index (χ0) is 22.4. The molecule has 0 aliphatic rings. The van der Waals surface area contributed by atoms with Crippen LogP contribution in [0.3, 0.4) is 0 Å². The van der Waals surface area contributed by atoms with E-state index in [1.54, 1.807) is 43.3 Å². The maximum absolute atomic E-state index is 12.5. The Bertz CT molecular complexity index is 1060. The first-order chi connectivity index (χ1) is 14.9. The summed E-state index contributed by atoms with van der Waals surface area (Å²) >= 11 is 1.06. The lowest BCUT2D eigenvalue weighted by molar-refractivity contribution is -0.123. The van der Waals surface area contributed by atoms with Gasteiger partial charge in [-0.05, 0) is 68.8 Å². The van der Waals surface area contributed by atoms with Crippen molar-refractivity contribution >= 4 is 39.8 Å². The van der Waals surface area contributed by atoms with Crippen molar-refractivity contribution in [2.24, 2.45) is 0 Å². The number of carbonyl (C=O) groups excluding carboxylic acids is 3. The molecule has 0 aliphatic heterocycles. The molecule has 3 aromatic rings. The number of hydrogen-bond acceptors (Lipinski definition) is 7. The Balaban J connectivity index is 1.58. The molecule has 2 amide bonds. The van der Waals surface area contributed by atoms with Gasteiger partial charge in [-0.1, -0.05) is 0 Å². The van der Waals surface area contributed by atoms with E-state index in [2.05, 4.69) is 10.6 Å². The third kappa shape index (κ3) is 5.73. The van der Waals surface area contributed by atoms with Crippen LogP contribution in [0.2, 0.25) is 0 Å². The Morgan fingerprint density at radius 1 is 1.13 bits per heavy atom. The van der Waals surface area contributed by atoms with E-state index in [1.807, 2.05) is 6.92 Å². The second-order valence-corrected chi connectivity index (χ2v) is 7.60. The molecule has 2 aromatic heterocycles. The van der Waals surface area contributed by atoms with E-state index >= 15 is 0 Å². The van der Waals surface area contributed by atoms with Crippen LogP contribution in [0.25, 0.3) is 0 Å². The maximum Gasteiger partial charge on any atom is 0.349 e. The van der Waals surface area contributed by atoms with Gasteiger partial charge in [-0.15, -0.1) is 11.3 Å². The average molecular weight is 442 g/mol. The topological polar surface area (TPSA) is 107 Å². The van der Waals surface area contributed by atoms with Crippen molar-refractivity contribution in [1.29, 1.82) is 0 Å². The number of anilines is 2. The maximum atomic E-state index is 12.5. The lowest BCUT2D eigenvalue weighted by atomic mass is 10.2. The molecule has 0 saturated heterocycles. The van der Waals surface area contributed by atoms with Crippen molar-refractivity contribution in [3.05, 3.63) is 64.9 Å². The molecule has 9 heteroatoms. The van der Waals surface area contributed by atoms with Crippen LogP contribution in [0.15, 0.2) is 53.1 Å². The highest BCUT2D eigenvalue weighted by molar-refractivity contribution is 7.18. The molecule has 2 N–H and O–H groups in total. The van der Waals surface area contributed by atoms with E-state index in [9.17, 15) is 14.4 Å². The minimum Gasteiger partial charge on any atom is -0.494 e. The Kier molecular flexibility index (Phi) is 7.09. The van der Waals surface area contributed by atoms with Gasteiger partial charge in [0, 0.05) is 5.69 Å². The van der Waals surface area contributed by atoms with E-state index in [4.69, 9.17) is 13.9 Å². The van der Waals surface area contributed by atoms with E-state index in [1.165, 1.54) is 19.3 Å². The molecule has 0 spiro atoms. The molecule has 0 bridgehead atoms. The highest BCUT2D eigenvalue weighted by Gasteiger charge is 2.23. The number of hydrogen-bond donors (Lipinski definition) is 2. The molecular formula is C22H22N2O6S. The van der Waals surface area contributed by atoms with Gasteiger partial charge in [0.1, 0.15) is 10.6 Å². The van der Waals surface area contributed by atoms with E-state index in [0.717, 1.165) is 11.3 Å². The van der Waals surface area contributed by atoms with Crippen LogP contribution >= 0.6 is 11.3 Å². The molecule has 162 valence electrons. The largest absolute Gasteiger partial charge is 0.494 e. The predicted molar refractivity (Wildman–Crippen MR) is 117 cm³/mol. The molecule has 31 heavy (non-hydrogen) atoms. The predicted octanol–water partition coefficient (Wildman–Crippen LogP) is 4.48. The lowest BCUT2D eigenvalue weighted by Crippen LogP contribution is -2.29. The summed E-state index contributed by atoms with van der Waals surface area (Å²) in [6.45, 7) is 5.65. The number of amides is 2. The molecule has 3 rings (SSSR count). The summed E-state index contributed by atoms with van der Waals surface area (Å²) in [6.07, 6.45) is 0.388. The quantitative estimate of drug-likeness (QED) is 0.498. The lowest BCUT2D eigenvalue weighted by Gasteiger charge is -2.13. The summed E-state index contributed by atoms with van der Waals surface area (Å²) in [5, 5.41) is 5.83. The molecule has 2 heterocycles. The van der Waals surface area contributed by atoms with E-state index in [0.29, 0.717) is 33.5 Å². The van der Waals surface area contributed by atoms with Crippen molar-refractivity contribution in [2.45, 2.75) is 26.9 Å². The molecular weight excluding hydrogens is 420 g/mol. The average Bonchev–Trinajstić information content (AvgIpc) is 3.39. The fourth-order valence-electron chi connectivity index (χ4n) is 2.64. The van der Waals surface area contributed by atoms with E-state index in [-0.39, 0.29) is 5.76 Å². The van der Waals surface area contributed by atoms with Crippen LogP contribution in [0, 0.1) is 6.92 Å². The fourth-order valence-corrected chi connectivity index (χ4v) is 3.59. The Labute approximate surface area is 183 Å². The Morgan fingerprint density at radius 2 is 1.87 bits per heavy atom. The van der Waals surface area contributed by atoms with Crippen LogP contribution in [0.4, 0.5) is 10.7 Å². The number of furan rings is 1. The van der Waals surface area contributed by atoms with Crippen molar-refractivity contribution < 1.29 is 28.3 Å². The van der Waals surface area contributed by atoms with Gasteiger partial charge in [-0.2, -0.15) is 0 Å². The van der Waals surface area contributed by atoms with Crippen molar-refractivity contribution in [3.63, 3.8) is 0 Å². The Hall–Kier alpha value is -3.59. The normalized spacial score (nSPS) is 11.5. The Morgan fingerprint density at radius 3 is 2.52 bits per heavy atom. The number of aryl methyl sites for hydroxylation is 1. The third-order valence-electron chi connectivity index (χ3n) is 4.17. The molecule has 0 fully saturated rings. The number of thiophene rings is 1. The molecule has 1 atom stereocenters. The second-order valence-electron chi connectivity index (χ2n) is 6.55. The standard InChI is InChI=1S/C22H22N2O6S/c1-4-28-16-9-7-15(8-10-16)23-20(25)14(3)30-22(27)19-13(2)12-18(31-19)24-21(26)17-6-5-11-29-17/h5-12,14H,4H2,1-3H3,(H,23,25)(H,24,26). The summed E-state index contributed by atoms with van der Waals surface area (Å²) in [7, 11) is 0. The summed E-state index contributed by atoms with van der Waals surface area (Å²) in [6, 6.07) is 11.7. The summed E-state index contributed by atoms with van der Waals surface area (Å²) in [4.78, 5) is 37.3. The minimum absolute atomic E-state index is 0.162. The molecule has 0 saturated carbocycles. The van der Waals surface area contributed by atoms with Crippen molar-refractivity contribution in [1.82, 2.24) is 0 Å². The van der Waals surface area contributed by atoms with Gasteiger partial charge in [0.25, 0.3) is 11.8 Å². The molecule has 1 aromatic carbocycles. The number of esters is 1. The van der Waals surface area contributed by atoms with Crippen LogP contribution in [0.1, 0.15) is 39.6 Å². The summed E-state index contributed by atoms with van der Waals surface area (Å²) < 4.78 is 15.7. The number of carbonyl (C=O) groups is 3. The number of benzene rings is 1. The van der Waals surface area contributed by atoms with Gasteiger partial charge in [0.05, 0.1) is 17.9 Å². The van der Waals surface area contributed by atoms with Gasteiger partial charge in [0.2, 0.25) is 0 Å². The summed E-state index contributed by atoms with van der Waals surface area (Å²) in [5.74, 6) is -0.666. The van der Waals surface area contributed by atoms with Crippen LogP contribution in [0.5, 0.6) is 5.75 Å². The minimum atomic E-state index is -1.01. The SMILES string of the molecule is CCOc1ccc(NC(=O)C(C)OC(=O)c2sc(NC(=O)c3ccco3)cc2C)cc1.